The number of nitrogens with one attached hydrogen (secondary N) is 1. The summed E-state index contributed by atoms with van der Waals surface area (Å²) in [6.45, 7) is 3.55. The van der Waals surface area contributed by atoms with Crippen LogP contribution in [0.15, 0.2) is 48.8 Å². The van der Waals surface area contributed by atoms with Crippen LogP contribution in [0.1, 0.15) is 0 Å². The lowest BCUT2D eigenvalue weighted by Crippen LogP contribution is -2.52. The number of hydrogen-bond acceptors (Lipinski definition) is 3. The number of anilines is 1. The number of aromatic amines is 1. The number of fused-ring (bicyclic) bond motifs is 2. The molecule has 2 saturated heterocycles. The Hall–Kier alpha value is -2.33. The Bertz CT molecular complexity index is 851. The molecule has 3 aromatic rings. The summed E-state index contributed by atoms with van der Waals surface area (Å²) in [5.74, 6) is 0.843. The third kappa shape index (κ3) is 2.05. The fraction of sp³-hybridized carbons (Fsp3) is 0.316. The van der Waals surface area contributed by atoms with Crippen molar-refractivity contribution in [3.05, 3.63) is 48.8 Å². The van der Waals surface area contributed by atoms with E-state index in [1.54, 1.807) is 0 Å². The molecule has 2 aromatic heterocycles. The van der Waals surface area contributed by atoms with E-state index in [0.29, 0.717) is 0 Å². The molecule has 2 aliphatic heterocycles. The predicted octanol–water partition coefficient (Wildman–Crippen LogP) is 2.98. The first-order valence-electron chi connectivity index (χ1n) is 8.27. The third-order valence-electron chi connectivity index (χ3n) is 5.46. The first-order valence-corrected chi connectivity index (χ1v) is 8.27. The molecule has 5 rings (SSSR count). The molecule has 4 heteroatoms. The first-order chi connectivity index (χ1) is 11.3. The maximum Gasteiger partial charge on any atom is 0.0703 e. The molecule has 0 radical (unpaired) electrons. The summed E-state index contributed by atoms with van der Waals surface area (Å²) in [6.07, 6.45) is 4.01. The molecular weight excluding hydrogens is 284 g/mol. The van der Waals surface area contributed by atoms with Gasteiger partial charge in [0.2, 0.25) is 0 Å². The van der Waals surface area contributed by atoms with Crippen LogP contribution in [0.4, 0.5) is 5.69 Å². The molecule has 0 amide bonds. The lowest BCUT2D eigenvalue weighted by molar-refractivity contribution is 0.0827. The van der Waals surface area contributed by atoms with E-state index < -0.39 is 0 Å². The van der Waals surface area contributed by atoms with Crippen LogP contribution in [0.3, 0.4) is 0 Å². The summed E-state index contributed by atoms with van der Waals surface area (Å²) in [6, 6.07) is 13.6. The second-order valence-corrected chi connectivity index (χ2v) is 6.85. The van der Waals surface area contributed by atoms with Crippen molar-refractivity contribution in [3.63, 3.8) is 0 Å². The van der Waals surface area contributed by atoms with Crippen molar-refractivity contribution in [3.8, 4) is 11.3 Å². The lowest BCUT2D eigenvalue weighted by Gasteiger charge is -2.40. The second-order valence-electron chi connectivity index (χ2n) is 6.85. The smallest absolute Gasteiger partial charge is 0.0703 e. The molecule has 2 fully saturated rings. The number of rotatable bonds is 2. The van der Waals surface area contributed by atoms with Gasteiger partial charge in [0.15, 0.2) is 0 Å². The Kier molecular flexibility index (Phi) is 2.76. The average Bonchev–Trinajstić information content (AvgIpc) is 3.18. The monoisotopic (exact) mass is 304 g/mol. The molecule has 116 valence electrons. The molecule has 1 N–H and O–H groups in total. The Morgan fingerprint density at radius 1 is 1.09 bits per heavy atom. The van der Waals surface area contributed by atoms with Crippen molar-refractivity contribution in [2.24, 2.45) is 5.92 Å². The topological polar surface area (TPSA) is 35.2 Å². The van der Waals surface area contributed by atoms with Gasteiger partial charge in [0.05, 0.1) is 17.6 Å². The van der Waals surface area contributed by atoms with Gasteiger partial charge in [-0.2, -0.15) is 0 Å². The van der Waals surface area contributed by atoms with Gasteiger partial charge in [-0.25, -0.2) is 0 Å². The highest BCUT2D eigenvalue weighted by Crippen LogP contribution is 2.34. The summed E-state index contributed by atoms with van der Waals surface area (Å²) in [7, 11) is 2.23. The molecule has 2 aliphatic rings. The number of pyridine rings is 1. The molecule has 0 saturated carbocycles. The van der Waals surface area contributed by atoms with E-state index in [0.717, 1.165) is 24.2 Å². The second kappa shape index (κ2) is 4.83. The minimum Gasteiger partial charge on any atom is -0.368 e. The maximum atomic E-state index is 4.71. The number of H-pyrrole nitrogens is 1. The number of likely N-dealkylation sites (N-methyl/N-ethyl adjacent to an activating group) is 1. The lowest BCUT2D eigenvalue weighted by atomic mass is 9.93. The van der Waals surface area contributed by atoms with Crippen LogP contribution in [0.2, 0.25) is 0 Å². The van der Waals surface area contributed by atoms with Crippen molar-refractivity contribution in [2.75, 3.05) is 31.6 Å². The van der Waals surface area contributed by atoms with Crippen molar-refractivity contribution < 1.29 is 0 Å². The van der Waals surface area contributed by atoms with E-state index in [9.17, 15) is 0 Å². The van der Waals surface area contributed by atoms with E-state index in [-0.39, 0.29) is 0 Å². The zero-order valence-corrected chi connectivity index (χ0v) is 13.2. The van der Waals surface area contributed by atoms with Crippen molar-refractivity contribution in [2.45, 2.75) is 6.04 Å². The summed E-state index contributed by atoms with van der Waals surface area (Å²) in [5, 5.41) is 1.23. The highest BCUT2D eigenvalue weighted by atomic mass is 15.3. The predicted molar refractivity (Wildman–Crippen MR) is 93.7 cm³/mol. The van der Waals surface area contributed by atoms with Gasteiger partial charge < -0.3 is 14.8 Å². The fourth-order valence-corrected chi connectivity index (χ4v) is 4.07. The van der Waals surface area contributed by atoms with Gasteiger partial charge in [-0.1, -0.05) is 6.07 Å². The maximum absolute atomic E-state index is 4.71. The van der Waals surface area contributed by atoms with Gasteiger partial charge in [-0.05, 0) is 37.4 Å². The number of nitrogens with zero attached hydrogens (tertiary/aromatic N) is 3. The van der Waals surface area contributed by atoms with E-state index in [4.69, 9.17) is 4.98 Å². The standard InChI is InChI=1S/C19H20N4/c1-22-10-15-11-23(12-19(15)22)16-3-5-18(21-9-16)13-2-4-17-14(8-13)6-7-20-17/h2-9,15,19-20H,10-12H2,1H3/t15-,19?/m0/s1. The highest BCUT2D eigenvalue weighted by Gasteiger charge is 2.43. The zero-order valence-electron chi connectivity index (χ0n) is 13.2. The minimum absolute atomic E-state index is 0.741. The molecule has 0 bridgehead atoms. The van der Waals surface area contributed by atoms with Gasteiger partial charge in [-0.3, -0.25) is 4.98 Å². The first kappa shape index (κ1) is 13.1. The molecule has 1 aromatic carbocycles. The Balaban J connectivity index is 1.41. The van der Waals surface area contributed by atoms with Crippen molar-refractivity contribution in [1.29, 1.82) is 0 Å². The van der Waals surface area contributed by atoms with Crippen LogP contribution in [0, 0.1) is 5.92 Å². The van der Waals surface area contributed by atoms with Crippen LogP contribution in [0.25, 0.3) is 22.2 Å². The Labute approximate surface area is 135 Å². The molecule has 4 heterocycles. The van der Waals surface area contributed by atoms with Crippen LogP contribution >= 0.6 is 0 Å². The molecular formula is C19H20N4. The van der Waals surface area contributed by atoms with E-state index in [1.165, 1.54) is 35.2 Å². The van der Waals surface area contributed by atoms with Crippen LogP contribution < -0.4 is 4.90 Å². The Morgan fingerprint density at radius 2 is 2.04 bits per heavy atom. The molecule has 2 atom stereocenters. The van der Waals surface area contributed by atoms with Gasteiger partial charge in [0.25, 0.3) is 0 Å². The van der Waals surface area contributed by atoms with Gasteiger partial charge in [0.1, 0.15) is 0 Å². The molecule has 1 unspecified atom stereocenters. The average molecular weight is 304 g/mol. The summed E-state index contributed by atoms with van der Waals surface area (Å²) in [4.78, 5) is 12.9. The quantitative estimate of drug-likeness (QED) is 0.790. The van der Waals surface area contributed by atoms with Gasteiger partial charge >= 0.3 is 0 Å². The number of benzene rings is 1. The largest absolute Gasteiger partial charge is 0.368 e. The molecule has 23 heavy (non-hydrogen) atoms. The SMILES string of the molecule is CN1C[C@H]2CN(c3ccc(-c4ccc5[nH]ccc5c4)nc3)CC21. The molecule has 4 nitrogen and oxygen atoms in total. The molecule has 0 spiro atoms. The summed E-state index contributed by atoms with van der Waals surface area (Å²) < 4.78 is 0. The normalized spacial score (nSPS) is 24.0. The van der Waals surface area contributed by atoms with Crippen molar-refractivity contribution in [1.82, 2.24) is 14.9 Å². The van der Waals surface area contributed by atoms with E-state index in [1.807, 2.05) is 12.4 Å². The number of aromatic nitrogens is 2. The van der Waals surface area contributed by atoms with Gasteiger partial charge in [0, 0.05) is 54.3 Å². The minimum atomic E-state index is 0.741. The zero-order chi connectivity index (χ0) is 15.4. The number of likely N-dealkylation sites (tertiary alicyclic amines) is 1. The summed E-state index contributed by atoms with van der Waals surface area (Å²) >= 11 is 0. The van der Waals surface area contributed by atoms with E-state index in [2.05, 4.69) is 58.2 Å². The molecule has 0 aliphatic carbocycles. The highest BCUT2D eigenvalue weighted by molar-refractivity contribution is 5.84. The number of hydrogen-bond donors (Lipinski definition) is 1. The van der Waals surface area contributed by atoms with Crippen molar-refractivity contribution >= 4 is 16.6 Å². The van der Waals surface area contributed by atoms with Gasteiger partial charge in [-0.15, -0.1) is 0 Å². The summed E-state index contributed by atoms with van der Waals surface area (Å²) in [5.41, 5.74) is 4.63. The van der Waals surface area contributed by atoms with Crippen LogP contribution in [-0.2, 0) is 0 Å². The third-order valence-corrected chi connectivity index (χ3v) is 5.46. The Morgan fingerprint density at radius 3 is 2.83 bits per heavy atom. The van der Waals surface area contributed by atoms with Crippen LogP contribution in [-0.4, -0.2) is 47.6 Å². The fourth-order valence-electron chi connectivity index (χ4n) is 4.07. The van der Waals surface area contributed by atoms with Crippen LogP contribution in [0.5, 0.6) is 0 Å². The van der Waals surface area contributed by atoms with E-state index >= 15 is 0 Å².